The van der Waals surface area contributed by atoms with Gasteiger partial charge in [-0.3, -0.25) is 5.01 Å². The van der Waals surface area contributed by atoms with Crippen LogP contribution in [0, 0.1) is 0 Å². The lowest BCUT2D eigenvalue weighted by molar-refractivity contribution is 0.0478. The van der Waals surface area contributed by atoms with Crippen molar-refractivity contribution in [2.24, 2.45) is 4.99 Å². The number of morpholine rings is 1. The Labute approximate surface area is 141 Å². The molecule has 0 aromatic carbocycles. The van der Waals surface area contributed by atoms with Crippen molar-refractivity contribution in [2.45, 2.75) is 65.8 Å². The number of hydrogen-bond donors (Lipinski definition) is 1. The van der Waals surface area contributed by atoms with Crippen LogP contribution in [0.1, 0.15) is 60.3 Å². The maximum atomic E-state index is 6.02. The Kier molecular flexibility index (Phi) is 5.74. The van der Waals surface area contributed by atoms with E-state index in [9.17, 15) is 0 Å². The zero-order valence-electron chi connectivity index (χ0n) is 15.6. The molecule has 4 aliphatic rings. The molecule has 3 heterocycles. The summed E-state index contributed by atoms with van der Waals surface area (Å²) in [6.45, 7) is 11.8. The topological polar surface area (TPSA) is 40.1 Å². The summed E-state index contributed by atoms with van der Waals surface area (Å²) in [6, 6.07) is 0. The molecule has 0 aromatic rings. The number of nitrogens with one attached hydrogen (secondary N) is 1. The van der Waals surface area contributed by atoms with Gasteiger partial charge in [0.1, 0.15) is 12.4 Å². The molecule has 0 bridgehead atoms. The highest BCUT2D eigenvalue weighted by Gasteiger charge is 2.46. The molecule has 1 aliphatic carbocycles. The number of aliphatic imine (C=N–C) groups is 1. The van der Waals surface area contributed by atoms with Crippen LogP contribution in [0.4, 0.5) is 0 Å². The van der Waals surface area contributed by atoms with Crippen molar-refractivity contribution in [1.82, 2.24) is 15.3 Å². The molecule has 5 nitrogen and oxygen atoms in total. The molecule has 0 amide bonds. The van der Waals surface area contributed by atoms with Crippen LogP contribution in [-0.2, 0) is 4.74 Å². The molecule has 1 saturated carbocycles. The van der Waals surface area contributed by atoms with E-state index in [0.717, 1.165) is 30.6 Å². The van der Waals surface area contributed by atoms with Gasteiger partial charge in [0.25, 0.3) is 0 Å². The standard InChI is InChI=1S/C14H20N4O.2C2H6/c1-10-7-15-18-8-11-13(16-12(10)18)17(2)14(9-19-11)5-3-4-6-14;2*1-2/h8,15H,3-7,9H2,1-2H3;2*1-2H3. The summed E-state index contributed by atoms with van der Waals surface area (Å²) in [5.41, 5.74) is 4.75. The maximum Gasteiger partial charge on any atom is 0.179 e. The minimum Gasteiger partial charge on any atom is -0.486 e. The number of hydrogen-bond acceptors (Lipinski definition) is 5. The van der Waals surface area contributed by atoms with E-state index in [1.165, 1.54) is 31.3 Å². The van der Waals surface area contributed by atoms with Gasteiger partial charge >= 0.3 is 0 Å². The predicted molar refractivity (Wildman–Crippen MR) is 95.7 cm³/mol. The molecular weight excluding hydrogens is 288 g/mol. The van der Waals surface area contributed by atoms with Gasteiger partial charge in [-0.1, -0.05) is 40.5 Å². The summed E-state index contributed by atoms with van der Waals surface area (Å²) >= 11 is 0. The molecule has 2 fully saturated rings. The third-order valence-electron chi connectivity index (χ3n) is 4.86. The molecule has 23 heavy (non-hydrogen) atoms. The fourth-order valence-corrected chi connectivity index (χ4v) is 3.54. The van der Waals surface area contributed by atoms with E-state index in [4.69, 9.17) is 9.73 Å². The van der Waals surface area contributed by atoms with E-state index in [1.807, 2.05) is 38.9 Å². The predicted octanol–water partition coefficient (Wildman–Crippen LogP) is 3.62. The summed E-state index contributed by atoms with van der Waals surface area (Å²) < 4.78 is 6.02. The Bertz CT molecular complexity index is 515. The Balaban J connectivity index is 0.000000448. The van der Waals surface area contributed by atoms with Crippen molar-refractivity contribution in [3.05, 3.63) is 23.4 Å². The second-order valence-corrected chi connectivity index (χ2v) is 6.02. The van der Waals surface area contributed by atoms with Gasteiger partial charge in [-0.05, 0) is 25.3 Å². The van der Waals surface area contributed by atoms with Crippen LogP contribution < -0.4 is 5.43 Å². The fraction of sp³-hybridized carbons (Fsp3) is 0.722. The van der Waals surface area contributed by atoms with Crippen molar-refractivity contribution in [3.8, 4) is 0 Å². The van der Waals surface area contributed by atoms with Gasteiger partial charge in [-0.25, -0.2) is 10.4 Å². The van der Waals surface area contributed by atoms with Gasteiger partial charge in [-0.15, -0.1) is 0 Å². The van der Waals surface area contributed by atoms with Crippen LogP contribution in [0.15, 0.2) is 28.3 Å². The molecule has 0 radical (unpaired) electrons. The van der Waals surface area contributed by atoms with E-state index >= 15 is 0 Å². The normalized spacial score (nSPS) is 23.7. The first kappa shape index (κ1) is 17.9. The van der Waals surface area contributed by atoms with Gasteiger partial charge in [-0.2, -0.15) is 0 Å². The number of hydrazine groups is 1. The van der Waals surface area contributed by atoms with Crippen molar-refractivity contribution in [3.63, 3.8) is 0 Å². The Morgan fingerprint density at radius 1 is 1.17 bits per heavy atom. The Morgan fingerprint density at radius 2 is 1.83 bits per heavy atom. The molecule has 1 N–H and O–H groups in total. The lowest BCUT2D eigenvalue weighted by Gasteiger charge is -2.46. The fourth-order valence-electron chi connectivity index (χ4n) is 3.54. The number of rotatable bonds is 0. The van der Waals surface area contributed by atoms with Crippen LogP contribution in [0.25, 0.3) is 0 Å². The molecule has 130 valence electrons. The minimum absolute atomic E-state index is 0.179. The highest BCUT2D eigenvalue weighted by molar-refractivity contribution is 5.99. The monoisotopic (exact) mass is 320 g/mol. The zero-order valence-corrected chi connectivity index (χ0v) is 15.6. The average molecular weight is 320 g/mol. The number of likely N-dealkylation sites (N-methyl/N-ethyl adjacent to an activating group) is 1. The largest absolute Gasteiger partial charge is 0.486 e. The maximum absolute atomic E-state index is 6.02. The summed E-state index contributed by atoms with van der Waals surface area (Å²) in [5.74, 6) is 2.93. The number of amidine groups is 1. The van der Waals surface area contributed by atoms with E-state index in [2.05, 4.69) is 24.3 Å². The van der Waals surface area contributed by atoms with E-state index in [1.54, 1.807) is 0 Å². The lowest BCUT2D eigenvalue weighted by atomic mass is 9.94. The molecule has 5 heteroatoms. The highest BCUT2D eigenvalue weighted by atomic mass is 16.5. The Morgan fingerprint density at radius 3 is 2.48 bits per heavy atom. The van der Waals surface area contributed by atoms with Gasteiger partial charge in [0, 0.05) is 13.6 Å². The van der Waals surface area contributed by atoms with Crippen LogP contribution in [0.3, 0.4) is 0 Å². The first-order valence-corrected chi connectivity index (χ1v) is 9.10. The third kappa shape index (κ3) is 2.99. The zero-order chi connectivity index (χ0) is 17.0. The number of nitrogens with zero attached hydrogens (tertiary/aromatic N) is 3. The first-order valence-electron chi connectivity index (χ1n) is 9.10. The number of ether oxygens (including phenoxy) is 1. The van der Waals surface area contributed by atoms with Crippen molar-refractivity contribution >= 4 is 5.84 Å². The highest BCUT2D eigenvalue weighted by Crippen LogP contribution is 2.40. The lowest BCUT2D eigenvalue weighted by Crippen LogP contribution is -2.56. The molecule has 1 spiro atoms. The first-order chi connectivity index (χ1) is 11.2. The van der Waals surface area contributed by atoms with Crippen LogP contribution in [0.2, 0.25) is 0 Å². The van der Waals surface area contributed by atoms with Gasteiger partial charge in [0.2, 0.25) is 0 Å². The quantitative estimate of drug-likeness (QED) is 0.740. The van der Waals surface area contributed by atoms with E-state index in [-0.39, 0.29) is 5.54 Å². The van der Waals surface area contributed by atoms with Crippen LogP contribution in [0.5, 0.6) is 0 Å². The molecule has 0 aromatic heterocycles. The van der Waals surface area contributed by atoms with Crippen molar-refractivity contribution in [1.29, 1.82) is 0 Å². The average Bonchev–Trinajstić information content (AvgIpc) is 3.22. The van der Waals surface area contributed by atoms with Gasteiger partial charge in [0.15, 0.2) is 11.6 Å². The summed E-state index contributed by atoms with van der Waals surface area (Å²) in [7, 11) is 2.18. The van der Waals surface area contributed by atoms with Gasteiger partial charge in [0.05, 0.1) is 11.7 Å². The van der Waals surface area contributed by atoms with Crippen LogP contribution >= 0.6 is 0 Å². The third-order valence-corrected chi connectivity index (χ3v) is 4.86. The molecule has 0 unspecified atom stereocenters. The summed E-state index contributed by atoms with van der Waals surface area (Å²) in [4.78, 5) is 7.21. The SMILES string of the molecule is CC.CC.CC1=C2N=C3C(=CN2NC1)OCC1(CCCC1)N3C. The van der Waals surface area contributed by atoms with Crippen molar-refractivity contribution < 1.29 is 4.74 Å². The van der Waals surface area contributed by atoms with Crippen molar-refractivity contribution in [2.75, 3.05) is 20.2 Å². The number of fused-ring (bicyclic) bond motifs is 2. The second-order valence-electron chi connectivity index (χ2n) is 6.02. The van der Waals surface area contributed by atoms with E-state index in [0.29, 0.717) is 0 Å². The minimum atomic E-state index is 0.179. The molecule has 1 saturated heterocycles. The Hall–Kier alpha value is -1.49. The molecular formula is C18H32N4O. The second kappa shape index (κ2) is 7.39. The summed E-state index contributed by atoms with van der Waals surface area (Å²) in [6.07, 6.45) is 7.07. The summed E-state index contributed by atoms with van der Waals surface area (Å²) in [5, 5.41) is 1.98. The van der Waals surface area contributed by atoms with E-state index < -0.39 is 0 Å². The smallest absolute Gasteiger partial charge is 0.179 e. The van der Waals surface area contributed by atoms with Gasteiger partial charge < -0.3 is 9.64 Å². The molecule has 0 atom stereocenters. The van der Waals surface area contributed by atoms with Crippen LogP contribution in [-0.4, -0.2) is 41.5 Å². The molecule has 3 aliphatic heterocycles. The molecule has 4 rings (SSSR count).